The van der Waals surface area contributed by atoms with Crippen molar-refractivity contribution in [3.05, 3.63) is 60.3 Å². The van der Waals surface area contributed by atoms with Crippen molar-refractivity contribution in [3.8, 4) is 22.9 Å². The molecule has 132 valence electrons. The number of anilines is 1. The third kappa shape index (κ3) is 3.67. The summed E-state index contributed by atoms with van der Waals surface area (Å²) in [6.07, 6.45) is 5.38. The van der Waals surface area contributed by atoms with E-state index in [9.17, 15) is 5.26 Å². The van der Waals surface area contributed by atoms with Gasteiger partial charge in [0.05, 0.1) is 12.9 Å². The van der Waals surface area contributed by atoms with E-state index in [4.69, 9.17) is 10.5 Å². The highest BCUT2D eigenvalue weighted by atomic mass is 16.5. The van der Waals surface area contributed by atoms with E-state index in [0.717, 1.165) is 16.8 Å². The lowest BCUT2D eigenvalue weighted by atomic mass is 9.97. The summed E-state index contributed by atoms with van der Waals surface area (Å²) in [5.74, 6) is 1.17. The Kier molecular flexibility index (Phi) is 5.18. The Balaban J connectivity index is 1.95. The van der Waals surface area contributed by atoms with Crippen LogP contribution in [0.4, 0.5) is 5.82 Å². The molecule has 0 fully saturated rings. The number of nitriles is 1. The Morgan fingerprint density at radius 3 is 2.77 bits per heavy atom. The van der Waals surface area contributed by atoms with Gasteiger partial charge in [-0.05, 0) is 18.1 Å². The first-order chi connectivity index (χ1) is 12.6. The second kappa shape index (κ2) is 7.70. The average molecular weight is 347 g/mol. The molecule has 0 aliphatic rings. The van der Waals surface area contributed by atoms with Gasteiger partial charge in [0, 0.05) is 29.2 Å². The Morgan fingerprint density at radius 1 is 1.27 bits per heavy atom. The van der Waals surface area contributed by atoms with Crippen LogP contribution in [0.1, 0.15) is 31.0 Å². The number of rotatable bonds is 6. The van der Waals surface area contributed by atoms with Gasteiger partial charge in [-0.1, -0.05) is 32.0 Å². The van der Waals surface area contributed by atoms with Crippen molar-refractivity contribution in [2.45, 2.75) is 26.3 Å². The molecule has 0 radical (unpaired) electrons. The van der Waals surface area contributed by atoms with E-state index < -0.39 is 0 Å². The Morgan fingerprint density at radius 2 is 2.08 bits per heavy atom. The van der Waals surface area contributed by atoms with E-state index >= 15 is 0 Å². The van der Waals surface area contributed by atoms with E-state index in [2.05, 4.69) is 16.0 Å². The first kappa shape index (κ1) is 17.5. The maximum absolute atomic E-state index is 9.56. The Labute approximate surface area is 152 Å². The zero-order valence-corrected chi connectivity index (χ0v) is 14.9. The highest BCUT2D eigenvalue weighted by molar-refractivity contribution is 5.79. The van der Waals surface area contributed by atoms with Gasteiger partial charge in [0.2, 0.25) is 0 Å². The van der Waals surface area contributed by atoms with Crippen molar-refractivity contribution >= 4 is 5.82 Å². The molecular formula is C20H21N5O. The summed E-state index contributed by atoms with van der Waals surface area (Å²) in [5, 5.41) is 9.56. The highest BCUT2D eigenvalue weighted by Gasteiger charge is 2.16. The minimum atomic E-state index is 0.207. The molecule has 0 atom stereocenters. The lowest BCUT2D eigenvalue weighted by molar-refractivity contribution is 0.299. The summed E-state index contributed by atoms with van der Waals surface area (Å²) in [6.45, 7) is 5.28. The number of nitrogens with zero attached hydrogens (tertiary/aromatic N) is 4. The summed E-state index contributed by atoms with van der Waals surface area (Å²) in [4.78, 5) is 8.38. The molecule has 1 aromatic carbocycles. The zero-order valence-electron chi connectivity index (χ0n) is 14.9. The Bertz CT molecular complexity index is 926. The number of pyridine rings is 1. The fourth-order valence-electron chi connectivity index (χ4n) is 2.71. The van der Waals surface area contributed by atoms with Crippen LogP contribution < -0.4 is 10.5 Å². The number of hydrogen-bond donors (Lipinski definition) is 1. The van der Waals surface area contributed by atoms with Crippen LogP contribution >= 0.6 is 0 Å². The van der Waals surface area contributed by atoms with Gasteiger partial charge in [-0.2, -0.15) is 5.26 Å². The number of hydrogen-bond acceptors (Lipinski definition) is 5. The van der Waals surface area contributed by atoms with Gasteiger partial charge in [-0.25, -0.2) is 9.97 Å². The molecule has 6 nitrogen and oxygen atoms in total. The molecule has 26 heavy (non-hydrogen) atoms. The van der Waals surface area contributed by atoms with Crippen molar-refractivity contribution in [3.63, 3.8) is 0 Å². The van der Waals surface area contributed by atoms with Crippen LogP contribution in [-0.2, 0) is 6.54 Å². The second-order valence-corrected chi connectivity index (χ2v) is 6.27. The van der Waals surface area contributed by atoms with E-state index in [1.807, 2.05) is 54.9 Å². The summed E-state index contributed by atoms with van der Waals surface area (Å²) in [7, 11) is 0. The van der Waals surface area contributed by atoms with E-state index in [-0.39, 0.29) is 11.7 Å². The predicted octanol–water partition coefficient (Wildman–Crippen LogP) is 3.60. The minimum absolute atomic E-state index is 0.207. The number of nitrogen functional groups attached to an aromatic ring is 1. The second-order valence-electron chi connectivity index (χ2n) is 6.27. The highest BCUT2D eigenvalue weighted by Crippen LogP contribution is 2.35. The van der Waals surface area contributed by atoms with Crippen LogP contribution in [-0.4, -0.2) is 21.1 Å². The monoisotopic (exact) mass is 347 g/mol. The lowest BCUT2D eigenvalue weighted by Gasteiger charge is -2.15. The first-order valence-corrected chi connectivity index (χ1v) is 8.48. The molecule has 0 bridgehead atoms. The topological polar surface area (TPSA) is 89.8 Å². The fraction of sp³-hybridized carbons (Fsp3) is 0.250. The van der Waals surface area contributed by atoms with Crippen LogP contribution in [0.3, 0.4) is 0 Å². The number of nitrogens with two attached hydrogens (primary N) is 1. The minimum Gasteiger partial charge on any atom is -0.491 e. The van der Waals surface area contributed by atoms with Gasteiger partial charge in [0.1, 0.15) is 29.8 Å². The standard InChI is InChI=1S/C20H21N5O/c1-14(2)18-11-16(17(12-21)20(22)24-18)15-5-3-4-6-19(15)26-10-9-25-8-7-23-13-25/h3-8,11,13-14H,9-10H2,1-2H3,(H2,22,24). The van der Waals surface area contributed by atoms with Crippen LogP contribution in [0.25, 0.3) is 11.1 Å². The van der Waals surface area contributed by atoms with Crippen LogP contribution in [0.15, 0.2) is 49.1 Å². The molecule has 6 heteroatoms. The number of benzene rings is 1. The van der Waals surface area contributed by atoms with Crippen LogP contribution in [0, 0.1) is 11.3 Å². The normalized spacial score (nSPS) is 10.7. The molecule has 0 saturated carbocycles. The third-order valence-electron chi connectivity index (χ3n) is 4.11. The number of aromatic nitrogens is 3. The number of para-hydroxylation sites is 1. The van der Waals surface area contributed by atoms with Gasteiger partial charge in [0.25, 0.3) is 0 Å². The zero-order chi connectivity index (χ0) is 18.5. The predicted molar refractivity (Wildman–Crippen MR) is 101 cm³/mol. The van der Waals surface area contributed by atoms with Gasteiger partial charge in [-0.15, -0.1) is 0 Å². The smallest absolute Gasteiger partial charge is 0.142 e. The summed E-state index contributed by atoms with van der Waals surface area (Å²) < 4.78 is 7.93. The molecule has 3 aromatic rings. The van der Waals surface area contributed by atoms with Crippen molar-refractivity contribution < 1.29 is 4.74 Å². The van der Waals surface area contributed by atoms with Gasteiger partial charge in [-0.3, -0.25) is 0 Å². The van der Waals surface area contributed by atoms with Crippen molar-refractivity contribution in [2.24, 2.45) is 0 Å². The van der Waals surface area contributed by atoms with E-state index in [1.165, 1.54) is 0 Å². The quantitative estimate of drug-likeness (QED) is 0.736. The molecule has 2 N–H and O–H groups in total. The van der Waals surface area contributed by atoms with Gasteiger partial charge in [0.15, 0.2) is 0 Å². The molecule has 0 saturated heterocycles. The maximum Gasteiger partial charge on any atom is 0.142 e. The molecule has 0 aliphatic carbocycles. The lowest BCUT2D eigenvalue weighted by Crippen LogP contribution is -2.08. The molecule has 0 amide bonds. The van der Waals surface area contributed by atoms with Crippen LogP contribution in [0.2, 0.25) is 0 Å². The molecule has 0 aliphatic heterocycles. The SMILES string of the molecule is CC(C)c1cc(-c2ccccc2OCCn2ccnc2)c(C#N)c(N)n1. The average Bonchev–Trinajstić information content (AvgIpc) is 3.15. The number of imidazole rings is 1. The van der Waals surface area contributed by atoms with Crippen molar-refractivity contribution in [1.29, 1.82) is 5.26 Å². The largest absolute Gasteiger partial charge is 0.491 e. The van der Waals surface area contributed by atoms with E-state index in [1.54, 1.807) is 12.5 Å². The van der Waals surface area contributed by atoms with Crippen molar-refractivity contribution in [1.82, 2.24) is 14.5 Å². The summed E-state index contributed by atoms with van der Waals surface area (Å²) in [6, 6.07) is 11.8. The van der Waals surface area contributed by atoms with Gasteiger partial charge < -0.3 is 15.0 Å². The molecule has 0 unspecified atom stereocenters. The van der Waals surface area contributed by atoms with Crippen molar-refractivity contribution in [2.75, 3.05) is 12.3 Å². The summed E-state index contributed by atoms with van der Waals surface area (Å²) in [5.41, 5.74) is 8.85. The first-order valence-electron chi connectivity index (χ1n) is 8.48. The number of ether oxygens (including phenoxy) is 1. The molecule has 3 rings (SSSR count). The molecule has 2 aromatic heterocycles. The molecular weight excluding hydrogens is 326 g/mol. The summed E-state index contributed by atoms with van der Waals surface area (Å²) >= 11 is 0. The maximum atomic E-state index is 9.56. The van der Waals surface area contributed by atoms with Gasteiger partial charge >= 0.3 is 0 Å². The molecule has 2 heterocycles. The third-order valence-corrected chi connectivity index (χ3v) is 4.11. The fourth-order valence-corrected chi connectivity index (χ4v) is 2.71. The Hall–Kier alpha value is -3.33. The molecule has 0 spiro atoms. The van der Waals surface area contributed by atoms with E-state index in [0.29, 0.717) is 24.5 Å². The van der Waals surface area contributed by atoms with Crippen LogP contribution in [0.5, 0.6) is 5.75 Å².